The van der Waals surface area contributed by atoms with Crippen LogP contribution >= 0.6 is 0 Å². The van der Waals surface area contributed by atoms with Gasteiger partial charge in [0.25, 0.3) is 5.91 Å². The fraction of sp³-hybridized carbons (Fsp3) is 0.778. The van der Waals surface area contributed by atoms with Crippen molar-refractivity contribution in [2.45, 2.75) is 25.9 Å². The average molecular weight is 200 g/mol. The van der Waals surface area contributed by atoms with E-state index in [-0.39, 0.29) is 12.0 Å². The maximum Gasteiger partial charge on any atom is 0.251 e. The highest BCUT2D eigenvalue weighted by Crippen LogP contribution is 2.09. The van der Waals surface area contributed by atoms with Crippen molar-refractivity contribution in [3.8, 4) is 0 Å². The molecule has 1 heterocycles. The van der Waals surface area contributed by atoms with E-state index in [1.54, 1.807) is 11.8 Å². The van der Waals surface area contributed by atoms with E-state index in [9.17, 15) is 4.79 Å². The van der Waals surface area contributed by atoms with Gasteiger partial charge in [0.1, 0.15) is 6.10 Å². The van der Waals surface area contributed by atoms with Crippen molar-refractivity contribution in [1.29, 1.82) is 0 Å². The molecule has 1 aliphatic heterocycles. The number of methoxy groups -OCH3 is 1. The highest BCUT2D eigenvalue weighted by molar-refractivity contribution is 5.88. The lowest BCUT2D eigenvalue weighted by Gasteiger charge is -2.28. The van der Waals surface area contributed by atoms with Crippen molar-refractivity contribution >= 4 is 11.6 Å². The van der Waals surface area contributed by atoms with Gasteiger partial charge in [0, 0.05) is 33.0 Å². The molecular formula is C9H16N2O3. The first-order valence-corrected chi connectivity index (χ1v) is 4.70. The molecule has 1 rings (SSSR count). The van der Waals surface area contributed by atoms with E-state index >= 15 is 0 Å². The Kier molecular flexibility index (Phi) is 3.88. The molecule has 0 radical (unpaired) electrons. The van der Waals surface area contributed by atoms with Crippen LogP contribution in [0.2, 0.25) is 0 Å². The largest absolute Gasteiger partial charge is 0.411 e. The molecule has 1 atom stereocenters. The lowest BCUT2D eigenvalue weighted by molar-refractivity contribution is -0.141. The number of oxime groups is 1. The fourth-order valence-electron chi connectivity index (χ4n) is 1.44. The highest BCUT2D eigenvalue weighted by Gasteiger charge is 2.23. The molecule has 1 unspecified atom stereocenters. The molecule has 0 saturated carbocycles. The van der Waals surface area contributed by atoms with E-state index in [2.05, 4.69) is 5.16 Å². The molecule has 5 heteroatoms. The third kappa shape index (κ3) is 2.45. The topological polar surface area (TPSA) is 62.1 Å². The van der Waals surface area contributed by atoms with Gasteiger partial charge in [-0.2, -0.15) is 0 Å². The van der Waals surface area contributed by atoms with Crippen LogP contribution in [0.25, 0.3) is 0 Å². The summed E-state index contributed by atoms with van der Waals surface area (Å²) in [7, 11) is 1.52. The van der Waals surface area contributed by atoms with Gasteiger partial charge in [-0.3, -0.25) is 4.79 Å². The zero-order chi connectivity index (χ0) is 10.6. The van der Waals surface area contributed by atoms with E-state index < -0.39 is 0 Å². The normalized spacial score (nSPS) is 19.3. The number of carbonyl (C=O) groups excluding carboxylic acids is 1. The number of hydrogen-bond donors (Lipinski definition) is 1. The summed E-state index contributed by atoms with van der Waals surface area (Å²) in [4.78, 5) is 13.4. The van der Waals surface area contributed by atoms with E-state index in [1.807, 2.05) is 0 Å². The Morgan fingerprint density at radius 3 is 2.57 bits per heavy atom. The lowest BCUT2D eigenvalue weighted by atomic mass is 10.1. The molecule has 1 N–H and O–H groups in total. The van der Waals surface area contributed by atoms with Crippen LogP contribution in [-0.2, 0) is 9.53 Å². The Bertz CT molecular complexity index is 230. The predicted octanol–water partition coefficient (Wildman–Crippen LogP) is 0.474. The van der Waals surface area contributed by atoms with Gasteiger partial charge >= 0.3 is 0 Å². The van der Waals surface area contributed by atoms with Crippen LogP contribution in [0.4, 0.5) is 0 Å². The summed E-state index contributed by atoms with van der Waals surface area (Å²) in [5.74, 6) is 0.00416. The summed E-state index contributed by atoms with van der Waals surface area (Å²) >= 11 is 0. The third-order valence-corrected chi connectivity index (χ3v) is 2.50. The number of rotatable bonds is 2. The van der Waals surface area contributed by atoms with Gasteiger partial charge in [-0.05, 0) is 6.92 Å². The van der Waals surface area contributed by atoms with Gasteiger partial charge in [-0.1, -0.05) is 5.16 Å². The van der Waals surface area contributed by atoms with Crippen molar-refractivity contribution in [2.75, 3.05) is 20.2 Å². The average Bonchev–Trinajstić information content (AvgIpc) is 2.27. The zero-order valence-electron chi connectivity index (χ0n) is 8.56. The summed E-state index contributed by atoms with van der Waals surface area (Å²) in [5.41, 5.74) is 0.763. The second-order valence-electron chi connectivity index (χ2n) is 3.37. The second kappa shape index (κ2) is 4.95. The first kappa shape index (κ1) is 11.0. The fourth-order valence-corrected chi connectivity index (χ4v) is 1.44. The minimum Gasteiger partial charge on any atom is -0.411 e. The molecule has 1 fully saturated rings. The first-order valence-electron chi connectivity index (χ1n) is 4.70. The number of amides is 1. The van der Waals surface area contributed by atoms with Gasteiger partial charge in [-0.15, -0.1) is 0 Å². The zero-order valence-corrected chi connectivity index (χ0v) is 8.56. The Hall–Kier alpha value is -1.10. The molecule has 0 spiro atoms. The summed E-state index contributed by atoms with van der Waals surface area (Å²) in [5, 5.41) is 11.7. The van der Waals surface area contributed by atoms with E-state index in [4.69, 9.17) is 9.94 Å². The first-order chi connectivity index (χ1) is 6.69. The standard InChI is InChI=1S/C9H16N2O3/c1-7(14-2)9(12)11-5-3-8(10-13)4-6-11/h7,13H,3-6H2,1-2H3. The van der Waals surface area contributed by atoms with Gasteiger partial charge in [-0.25, -0.2) is 0 Å². The van der Waals surface area contributed by atoms with Crippen LogP contribution in [0.3, 0.4) is 0 Å². The van der Waals surface area contributed by atoms with Gasteiger partial charge in [0.2, 0.25) is 0 Å². The number of hydrogen-bond acceptors (Lipinski definition) is 4. The van der Waals surface area contributed by atoms with Crippen LogP contribution in [0.1, 0.15) is 19.8 Å². The molecule has 5 nitrogen and oxygen atoms in total. The van der Waals surface area contributed by atoms with Crippen molar-refractivity contribution in [3.05, 3.63) is 0 Å². The van der Waals surface area contributed by atoms with Crippen LogP contribution in [0, 0.1) is 0 Å². The predicted molar refractivity (Wildman–Crippen MR) is 51.5 cm³/mol. The van der Waals surface area contributed by atoms with Crippen molar-refractivity contribution < 1.29 is 14.7 Å². The van der Waals surface area contributed by atoms with Crippen molar-refractivity contribution in [2.24, 2.45) is 5.16 Å². The number of nitrogens with zero attached hydrogens (tertiary/aromatic N) is 2. The summed E-state index contributed by atoms with van der Waals surface area (Å²) in [6, 6.07) is 0. The molecule has 0 aromatic carbocycles. The Morgan fingerprint density at radius 2 is 2.14 bits per heavy atom. The van der Waals surface area contributed by atoms with Crippen molar-refractivity contribution in [3.63, 3.8) is 0 Å². The quantitative estimate of drug-likeness (QED) is 0.520. The molecule has 0 aliphatic carbocycles. The van der Waals surface area contributed by atoms with Crippen LogP contribution in [0.5, 0.6) is 0 Å². The second-order valence-corrected chi connectivity index (χ2v) is 3.37. The maximum atomic E-state index is 11.6. The number of piperidine rings is 1. The number of carbonyl (C=O) groups is 1. The van der Waals surface area contributed by atoms with E-state index in [1.165, 1.54) is 7.11 Å². The van der Waals surface area contributed by atoms with Gasteiger partial charge in [0.15, 0.2) is 0 Å². The van der Waals surface area contributed by atoms with Crippen LogP contribution in [-0.4, -0.2) is 48.0 Å². The summed E-state index contributed by atoms with van der Waals surface area (Å²) in [6.07, 6.45) is 0.916. The molecule has 0 aromatic heterocycles. The Morgan fingerprint density at radius 1 is 1.57 bits per heavy atom. The van der Waals surface area contributed by atoms with Crippen LogP contribution < -0.4 is 0 Å². The molecule has 14 heavy (non-hydrogen) atoms. The van der Waals surface area contributed by atoms with E-state index in [0.717, 1.165) is 5.71 Å². The third-order valence-electron chi connectivity index (χ3n) is 2.50. The highest BCUT2D eigenvalue weighted by atomic mass is 16.5. The van der Waals surface area contributed by atoms with E-state index in [0.29, 0.717) is 25.9 Å². The maximum absolute atomic E-state index is 11.6. The van der Waals surface area contributed by atoms with Gasteiger partial charge in [0.05, 0.1) is 5.71 Å². The molecule has 1 amide bonds. The molecule has 0 aromatic rings. The Labute approximate surface area is 83.3 Å². The summed E-state index contributed by atoms with van der Waals surface area (Å²) in [6.45, 7) is 2.97. The minimum atomic E-state index is -0.386. The SMILES string of the molecule is COC(C)C(=O)N1CCC(=NO)CC1. The molecule has 80 valence electrons. The Balaban J connectivity index is 2.45. The number of ether oxygens (including phenoxy) is 1. The molecule has 1 aliphatic rings. The molecule has 0 bridgehead atoms. The number of likely N-dealkylation sites (tertiary alicyclic amines) is 1. The monoisotopic (exact) mass is 200 g/mol. The lowest BCUT2D eigenvalue weighted by Crippen LogP contribution is -2.43. The minimum absolute atomic E-state index is 0.00416. The molecular weight excluding hydrogens is 184 g/mol. The van der Waals surface area contributed by atoms with Gasteiger partial charge < -0.3 is 14.8 Å². The molecule has 1 saturated heterocycles. The van der Waals surface area contributed by atoms with Crippen LogP contribution in [0.15, 0.2) is 5.16 Å². The van der Waals surface area contributed by atoms with Crippen molar-refractivity contribution in [1.82, 2.24) is 4.90 Å². The summed E-state index contributed by atoms with van der Waals surface area (Å²) < 4.78 is 4.95. The smallest absolute Gasteiger partial charge is 0.251 e.